The fraction of sp³-hybridized carbons (Fsp3) is 0.312. The number of nitrogen functional groups attached to an aromatic ring is 1. The number of benzene rings is 1. The summed E-state index contributed by atoms with van der Waals surface area (Å²) < 4.78 is 2.16. The van der Waals surface area contributed by atoms with E-state index in [1.54, 1.807) is 11.3 Å². The van der Waals surface area contributed by atoms with Gasteiger partial charge in [0.15, 0.2) is 4.96 Å². The SMILES string of the molecule is Nc1ccccc1-c1csc2nc(CN3CCNCC3)cn12. The molecule has 1 saturated heterocycles. The number of imidazole rings is 1. The zero-order chi connectivity index (χ0) is 14.9. The zero-order valence-electron chi connectivity index (χ0n) is 12.3. The molecule has 0 saturated carbocycles. The smallest absolute Gasteiger partial charge is 0.194 e. The molecule has 22 heavy (non-hydrogen) atoms. The Balaban J connectivity index is 1.66. The molecule has 1 aliphatic rings. The standard InChI is InChI=1S/C16H19N5S/c17-14-4-2-1-3-13(14)15-11-22-16-19-12(10-21(15)16)9-20-7-5-18-6-8-20/h1-4,10-11,18H,5-9,17H2. The monoisotopic (exact) mass is 313 g/mol. The van der Waals surface area contributed by atoms with Gasteiger partial charge in [-0.25, -0.2) is 4.98 Å². The second-order valence-corrected chi connectivity index (χ2v) is 6.46. The van der Waals surface area contributed by atoms with Gasteiger partial charge in [0.05, 0.1) is 11.4 Å². The van der Waals surface area contributed by atoms with Gasteiger partial charge in [-0.2, -0.15) is 0 Å². The van der Waals surface area contributed by atoms with Gasteiger partial charge in [0.25, 0.3) is 0 Å². The van der Waals surface area contributed by atoms with E-state index in [4.69, 9.17) is 10.7 Å². The Morgan fingerprint density at radius 3 is 2.86 bits per heavy atom. The van der Waals surface area contributed by atoms with Gasteiger partial charge in [0, 0.05) is 55.6 Å². The van der Waals surface area contributed by atoms with Crippen LogP contribution < -0.4 is 11.1 Å². The molecule has 1 fully saturated rings. The Bertz CT molecular complexity index is 785. The lowest BCUT2D eigenvalue weighted by Gasteiger charge is -2.26. The number of hydrogen-bond donors (Lipinski definition) is 2. The van der Waals surface area contributed by atoms with Crippen molar-refractivity contribution in [1.82, 2.24) is 19.6 Å². The van der Waals surface area contributed by atoms with E-state index < -0.39 is 0 Å². The van der Waals surface area contributed by atoms with Gasteiger partial charge in [0.1, 0.15) is 0 Å². The number of para-hydroxylation sites is 1. The third-order valence-corrected chi connectivity index (χ3v) is 4.93. The normalized spacial score (nSPS) is 16.4. The molecule has 4 rings (SSSR count). The van der Waals surface area contributed by atoms with Crippen LogP contribution in [-0.2, 0) is 6.54 Å². The predicted molar refractivity (Wildman–Crippen MR) is 91.1 cm³/mol. The van der Waals surface area contributed by atoms with Crippen molar-refractivity contribution in [2.45, 2.75) is 6.54 Å². The van der Waals surface area contributed by atoms with Crippen LogP contribution in [0.25, 0.3) is 16.2 Å². The number of nitrogens with zero attached hydrogens (tertiary/aromatic N) is 3. The lowest BCUT2D eigenvalue weighted by atomic mass is 10.1. The largest absolute Gasteiger partial charge is 0.398 e. The fourth-order valence-electron chi connectivity index (χ4n) is 2.93. The number of thiazole rings is 1. The maximum absolute atomic E-state index is 6.11. The van der Waals surface area contributed by atoms with Crippen molar-refractivity contribution in [3.05, 3.63) is 41.5 Å². The second kappa shape index (κ2) is 5.72. The molecule has 1 aromatic carbocycles. The second-order valence-electron chi connectivity index (χ2n) is 5.62. The first kappa shape index (κ1) is 13.8. The van der Waals surface area contributed by atoms with Crippen LogP contribution in [0.3, 0.4) is 0 Å². The lowest BCUT2D eigenvalue weighted by Crippen LogP contribution is -2.42. The highest BCUT2D eigenvalue weighted by Crippen LogP contribution is 2.30. The molecule has 3 N–H and O–H groups in total. The topological polar surface area (TPSA) is 58.6 Å². The van der Waals surface area contributed by atoms with Crippen LogP contribution in [0.2, 0.25) is 0 Å². The number of fused-ring (bicyclic) bond motifs is 1. The van der Waals surface area contributed by atoms with Crippen LogP contribution in [0.5, 0.6) is 0 Å². The van der Waals surface area contributed by atoms with Gasteiger partial charge in [-0.3, -0.25) is 9.30 Å². The van der Waals surface area contributed by atoms with E-state index in [0.717, 1.165) is 60.3 Å². The van der Waals surface area contributed by atoms with Crippen LogP contribution in [0.4, 0.5) is 5.69 Å². The molecule has 3 aromatic rings. The first-order valence-corrected chi connectivity index (χ1v) is 8.42. The molecule has 2 aromatic heterocycles. The van der Waals surface area contributed by atoms with Gasteiger partial charge >= 0.3 is 0 Å². The van der Waals surface area contributed by atoms with E-state index in [1.165, 1.54) is 0 Å². The van der Waals surface area contributed by atoms with Crippen molar-refractivity contribution in [3.63, 3.8) is 0 Å². The maximum Gasteiger partial charge on any atom is 0.194 e. The summed E-state index contributed by atoms with van der Waals surface area (Å²) in [7, 11) is 0. The highest BCUT2D eigenvalue weighted by atomic mass is 32.1. The third-order valence-electron chi connectivity index (χ3n) is 4.09. The van der Waals surface area contributed by atoms with Crippen LogP contribution in [0.15, 0.2) is 35.8 Å². The van der Waals surface area contributed by atoms with E-state index in [-0.39, 0.29) is 0 Å². The molecule has 0 spiro atoms. The van der Waals surface area contributed by atoms with Gasteiger partial charge < -0.3 is 11.1 Å². The van der Waals surface area contributed by atoms with Crippen molar-refractivity contribution in [3.8, 4) is 11.3 Å². The molecule has 0 radical (unpaired) electrons. The number of anilines is 1. The third kappa shape index (κ3) is 2.49. The van der Waals surface area contributed by atoms with Crippen LogP contribution >= 0.6 is 11.3 Å². The van der Waals surface area contributed by atoms with Gasteiger partial charge in [-0.1, -0.05) is 18.2 Å². The van der Waals surface area contributed by atoms with Crippen LogP contribution in [0, 0.1) is 0 Å². The molecule has 114 valence electrons. The first-order chi connectivity index (χ1) is 10.8. The minimum Gasteiger partial charge on any atom is -0.398 e. The summed E-state index contributed by atoms with van der Waals surface area (Å²) in [5, 5.41) is 5.51. The molecule has 0 amide bonds. The van der Waals surface area contributed by atoms with E-state index in [9.17, 15) is 0 Å². The molecule has 3 heterocycles. The fourth-order valence-corrected chi connectivity index (χ4v) is 3.82. The average molecular weight is 313 g/mol. The molecular weight excluding hydrogens is 294 g/mol. The Hall–Kier alpha value is -1.89. The molecule has 0 bridgehead atoms. The molecule has 0 unspecified atom stereocenters. The number of nitrogens with two attached hydrogens (primary N) is 1. The molecular formula is C16H19N5S. The van der Waals surface area contributed by atoms with Gasteiger partial charge in [0.2, 0.25) is 0 Å². The lowest BCUT2D eigenvalue weighted by molar-refractivity contribution is 0.231. The van der Waals surface area contributed by atoms with Crippen molar-refractivity contribution >= 4 is 22.0 Å². The van der Waals surface area contributed by atoms with Crippen LogP contribution in [-0.4, -0.2) is 40.5 Å². The Labute approximate surface area is 133 Å². The summed E-state index contributed by atoms with van der Waals surface area (Å²) in [5.74, 6) is 0. The molecule has 0 atom stereocenters. The van der Waals surface area contributed by atoms with Crippen molar-refractivity contribution < 1.29 is 0 Å². The van der Waals surface area contributed by atoms with E-state index in [0.29, 0.717) is 0 Å². The predicted octanol–water partition coefficient (Wildman–Crippen LogP) is 2.05. The molecule has 0 aliphatic carbocycles. The zero-order valence-corrected chi connectivity index (χ0v) is 13.1. The number of nitrogens with one attached hydrogen (secondary N) is 1. The van der Waals surface area contributed by atoms with E-state index >= 15 is 0 Å². The minimum absolute atomic E-state index is 0.805. The average Bonchev–Trinajstić information content (AvgIpc) is 3.09. The van der Waals surface area contributed by atoms with Crippen LogP contribution in [0.1, 0.15) is 5.69 Å². The number of hydrogen-bond acceptors (Lipinski definition) is 5. The van der Waals surface area contributed by atoms with Gasteiger partial charge in [-0.05, 0) is 6.07 Å². The van der Waals surface area contributed by atoms with Crippen molar-refractivity contribution in [2.75, 3.05) is 31.9 Å². The summed E-state index contributed by atoms with van der Waals surface area (Å²) in [6.45, 7) is 5.22. The number of aromatic nitrogens is 2. The molecule has 5 nitrogen and oxygen atoms in total. The highest BCUT2D eigenvalue weighted by molar-refractivity contribution is 7.15. The molecule has 1 aliphatic heterocycles. The Morgan fingerprint density at radius 1 is 1.23 bits per heavy atom. The summed E-state index contributed by atoms with van der Waals surface area (Å²) in [6, 6.07) is 7.99. The van der Waals surface area contributed by atoms with Gasteiger partial charge in [-0.15, -0.1) is 11.3 Å². The van der Waals surface area contributed by atoms with E-state index in [1.807, 2.05) is 18.2 Å². The summed E-state index contributed by atoms with van der Waals surface area (Å²) >= 11 is 1.67. The first-order valence-electron chi connectivity index (χ1n) is 7.55. The maximum atomic E-state index is 6.11. The van der Waals surface area contributed by atoms with Crippen molar-refractivity contribution in [1.29, 1.82) is 0 Å². The van der Waals surface area contributed by atoms with E-state index in [2.05, 4.69) is 32.3 Å². The quantitative estimate of drug-likeness (QED) is 0.727. The highest BCUT2D eigenvalue weighted by Gasteiger charge is 2.15. The summed E-state index contributed by atoms with van der Waals surface area (Å²) in [5.41, 5.74) is 10.2. The number of rotatable bonds is 3. The number of piperazine rings is 1. The Morgan fingerprint density at radius 2 is 2.05 bits per heavy atom. The molecule has 6 heteroatoms. The minimum atomic E-state index is 0.805. The summed E-state index contributed by atoms with van der Waals surface area (Å²) in [6.07, 6.45) is 2.15. The summed E-state index contributed by atoms with van der Waals surface area (Å²) in [4.78, 5) is 8.24. The van der Waals surface area contributed by atoms with Crippen molar-refractivity contribution in [2.24, 2.45) is 0 Å². The Kier molecular flexibility index (Phi) is 3.57.